The molecule has 1 aliphatic rings. The quantitative estimate of drug-likeness (QED) is 0.191. The molecule has 0 amide bonds. The third-order valence-corrected chi connectivity index (χ3v) is 17.2. The van der Waals surface area contributed by atoms with Crippen LogP contribution in [0.1, 0.15) is 27.7 Å². The van der Waals surface area contributed by atoms with Crippen LogP contribution in [-0.2, 0) is 20.4 Å². The van der Waals surface area contributed by atoms with Gasteiger partial charge in [0.1, 0.15) is 0 Å². The predicted octanol–water partition coefficient (Wildman–Crippen LogP) is -3.70. The zero-order chi connectivity index (χ0) is 28.0. The first-order valence-electron chi connectivity index (χ1n) is 13.3. The van der Waals surface area contributed by atoms with Gasteiger partial charge < -0.3 is 37.2 Å². The van der Waals surface area contributed by atoms with E-state index in [4.69, 9.17) is 0 Å². The molecule has 3 aromatic rings. The van der Waals surface area contributed by atoms with Crippen molar-refractivity contribution in [2.75, 3.05) is 57.0 Å². The van der Waals surface area contributed by atoms with Crippen LogP contribution in [0, 0.1) is 0 Å². The molecular formula is C33H42Cl3N3SiTi. The summed E-state index contributed by atoms with van der Waals surface area (Å²) in [4.78, 5) is 6.93. The number of nitrogens with zero attached hydrogens (tertiary/aromatic N) is 3. The first-order chi connectivity index (χ1) is 17.9. The van der Waals surface area contributed by atoms with E-state index in [9.17, 15) is 0 Å². The molecule has 0 aliphatic heterocycles. The van der Waals surface area contributed by atoms with Crippen LogP contribution >= 0.6 is 0 Å². The number of para-hydroxylation sites is 3. The third-order valence-electron chi connectivity index (χ3n) is 8.74. The summed E-state index contributed by atoms with van der Waals surface area (Å²) in [7, 11) is 10.2. The van der Waals surface area contributed by atoms with Crippen LogP contribution in [0.15, 0.2) is 95.1 Å². The van der Waals surface area contributed by atoms with E-state index in [1.54, 1.807) is 0 Å². The van der Waals surface area contributed by atoms with E-state index in [0.29, 0.717) is 0 Å². The van der Waals surface area contributed by atoms with Crippen LogP contribution in [0.5, 0.6) is 0 Å². The first-order valence-corrected chi connectivity index (χ1v) is 16.1. The van der Waals surface area contributed by atoms with Gasteiger partial charge >= 0.3 is 244 Å². The summed E-state index contributed by atoms with van der Waals surface area (Å²) in [6, 6.07) is 27.5. The predicted molar refractivity (Wildman–Crippen MR) is 166 cm³/mol. The Labute approximate surface area is 279 Å². The van der Waals surface area contributed by atoms with Gasteiger partial charge in [-0.25, -0.2) is 0 Å². The molecule has 0 unspecified atom stereocenters. The summed E-state index contributed by atoms with van der Waals surface area (Å²) < 4.78 is -0.175. The Hall–Kier alpha value is -1.66. The van der Waals surface area contributed by atoms with E-state index >= 15 is 0 Å². The molecule has 0 bridgehead atoms. The largest absolute Gasteiger partial charge is 1.00 e. The summed E-state index contributed by atoms with van der Waals surface area (Å²) in [5.41, 5.74) is 9.76. The molecule has 0 N–H and O–H groups in total. The summed E-state index contributed by atoms with van der Waals surface area (Å²) in [6.45, 7) is 9.44. The van der Waals surface area contributed by atoms with Crippen LogP contribution in [0.25, 0.3) is 0 Å². The normalized spacial score (nSPS) is 14.1. The van der Waals surface area contributed by atoms with Crippen molar-refractivity contribution in [1.82, 2.24) is 0 Å². The molecule has 0 fully saturated rings. The molecule has 0 aromatic heterocycles. The van der Waals surface area contributed by atoms with Gasteiger partial charge in [0.25, 0.3) is 0 Å². The molecule has 0 atom stereocenters. The number of rotatable bonds is 7. The van der Waals surface area contributed by atoms with E-state index in [-0.39, 0.29) is 40.6 Å². The van der Waals surface area contributed by atoms with Gasteiger partial charge in [-0.05, 0) is 0 Å². The minimum absolute atomic E-state index is 0. The molecule has 0 heterocycles. The molecule has 1 aliphatic carbocycles. The molecule has 3 nitrogen and oxygen atoms in total. The minimum atomic E-state index is -2.89. The van der Waals surface area contributed by atoms with Gasteiger partial charge in [0.2, 0.25) is 0 Å². The summed E-state index contributed by atoms with van der Waals surface area (Å²) in [6.07, 6.45) is 0. The standard InChI is InChI=1S/C33H42N3Si.3ClH.Ti/c1-23-24(2)26(4)33(25(23)3)37(30-20-14-11-17-27(30)34(5)6,31-21-15-12-18-28(31)35(7)8)32-22-16-13-19-29(32)36(9)10;;;;/h11-22H,1-10H3;3*1H;/q;;;;+3/p-3. The molecule has 3 aromatic carbocycles. The second kappa shape index (κ2) is 14.2. The van der Waals surface area contributed by atoms with Gasteiger partial charge in [0, 0.05) is 0 Å². The average molecular weight is 663 g/mol. The minimum Gasteiger partial charge on any atom is -1.00 e. The van der Waals surface area contributed by atoms with E-state index in [1.807, 2.05) is 0 Å². The van der Waals surface area contributed by atoms with Crippen molar-refractivity contribution in [2.45, 2.75) is 31.0 Å². The SMILES string of the molecule is CC1=C(C)[C]([Ti+3])([Si](c2ccccc2N(C)C)(c2ccccc2N(C)C)c2ccccc2N(C)C)C(C)=C1C.[Cl-].[Cl-].[Cl-]. The van der Waals surface area contributed by atoms with Crippen molar-refractivity contribution in [3.63, 3.8) is 0 Å². The number of halogens is 3. The maximum atomic E-state index is 2.55. The summed E-state index contributed by atoms with van der Waals surface area (Å²) >= 11 is 2.55. The topological polar surface area (TPSA) is 9.72 Å². The van der Waals surface area contributed by atoms with Gasteiger partial charge in [-0.1, -0.05) is 0 Å². The van der Waals surface area contributed by atoms with Crippen LogP contribution in [-0.4, -0.2) is 50.4 Å². The number of benzene rings is 3. The zero-order valence-electron chi connectivity index (χ0n) is 25.9. The Morgan fingerprint density at radius 2 is 0.732 bits per heavy atom. The van der Waals surface area contributed by atoms with Gasteiger partial charge in [-0.3, -0.25) is 0 Å². The molecule has 8 heteroatoms. The molecule has 0 saturated heterocycles. The van der Waals surface area contributed by atoms with Crippen LogP contribution < -0.4 is 67.5 Å². The van der Waals surface area contributed by atoms with Gasteiger partial charge in [-0.2, -0.15) is 0 Å². The Bertz CT molecular complexity index is 1280. The monoisotopic (exact) mass is 661 g/mol. The maximum Gasteiger partial charge on any atom is -1.00 e. The Morgan fingerprint density at radius 1 is 0.488 bits per heavy atom. The molecule has 41 heavy (non-hydrogen) atoms. The number of hydrogen-bond acceptors (Lipinski definition) is 3. The molecule has 0 radical (unpaired) electrons. The second-order valence-electron chi connectivity index (χ2n) is 11.2. The fraction of sp³-hybridized carbons (Fsp3) is 0.333. The van der Waals surface area contributed by atoms with Crippen molar-refractivity contribution in [3.05, 3.63) is 95.1 Å². The fourth-order valence-corrected chi connectivity index (χ4v) is 15.7. The Morgan fingerprint density at radius 3 is 0.976 bits per heavy atom. The van der Waals surface area contributed by atoms with Crippen molar-refractivity contribution in [1.29, 1.82) is 0 Å². The molecule has 4 rings (SSSR count). The van der Waals surface area contributed by atoms with Gasteiger partial charge in [-0.15, -0.1) is 0 Å². The first kappa shape index (κ1) is 37.4. The van der Waals surface area contributed by atoms with Crippen molar-refractivity contribution < 1.29 is 57.7 Å². The smallest absolute Gasteiger partial charge is 1.00 e. The van der Waals surface area contributed by atoms with E-state index in [1.165, 1.54) is 54.9 Å². The van der Waals surface area contributed by atoms with Gasteiger partial charge in [0.05, 0.1) is 0 Å². The molecule has 0 spiro atoms. The van der Waals surface area contributed by atoms with Crippen LogP contribution in [0.4, 0.5) is 17.1 Å². The summed E-state index contributed by atoms with van der Waals surface area (Å²) in [5, 5.41) is 4.37. The fourth-order valence-electron chi connectivity index (χ4n) is 6.55. The maximum absolute atomic E-state index is 2.89. The number of anilines is 3. The van der Waals surface area contributed by atoms with Crippen molar-refractivity contribution >= 4 is 40.7 Å². The number of hydrogen-bond donors (Lipinski definition) is 0. The second-order valence-corrected chi connectivity index (χ2v) is 17.1. The Balaban J connectivity index is 0.00000280. The zero-order valence-corrected chi connectivity index (χ0v) is 30.7. The Kier molecular flexibility index (Phi) is 12.9. The van der Waals surface area contributed by atoms with Crippen molar-refractivity contribution in [2.24, 2.45) is 0 Å². The summed E-state index contributed by atoms with van der Waals surface area (Å²) in [5.74, 6) is 0. The third kappa shape index (κ3) is 5.69. The molecular weight excluding hydrogens is 621 g/mol. The van der Waals surface area contributed by atoms with Crippen molar-refractivity contribution in [3.8, 4) is 0 Å². The van der Waals surface area contributed by atoms with E-state index in [0.717, 1.165) is 0 Å². The molecule has 0 saturated carbocycles. The van der Waals surface area contributed by atoms with Gasteiger partial charge in [0.15, 0.2) is 0 Å². The average Bonchev–Trinajstić information content (AvgIpc) is 3.05. The number of allylic oxidation sites excluding steroid dienone is 4. The van der Waals surface area contributed by atoms with E-state index < -0.39 is 8.07 Å². The molecule has 218 valence electrons. The van der Waals surface area contributed by atoms with Crippen LogP contribution in [0.2, 0.25) is 3.34 Å². The van der Waals surface area contributed by atoms with E-state index in [2.05, 4.69) is 178 Å². The van der Waals surface area contributed by atoms with Crippen LogP contribution in [0.3, 0.4) is 0 Å².